The van der Waals surface area contributed by atoms with Crippen molar-refractivity contribution in [3.63, 3.8) is 0 Å². The second-order valence-corrected chi connectivity index (χ2v) is 2.64. The minimum atomic E-state index is -2.38. The predicted molar refractivity (Wildman–Crippen MR) is 24.9 cm³/mol. The van der Waals surface area contributed by atoms with Gasteiger partial charge in [-0.3, -0.25) is 0 Å². The zero-order chi connectivity index (χ0) is 5.83. The molecule has 2 rings (SSSR count). The molecule has 0 amide bonds. The summed E-state index contributed by atoms with van der Waals surface area (Å²) < 4.78 is 24.6. The van der Waals surface area contributed by atoms with Crippen LogP contribution in [0.4, 0.5) is 8.78 Å². The largest absolute Gasteiger partial charge is 0.300 e. The van der Waals surface area contributed by atoms with Gasteiger partial charge in [0.05, 0.1) is 12.1 Å². The standard InChI is InChI=1S/C5H7F2N/c6-5(7)3-8-4(5)1-2-4/h8H,1-3H2. The van der Waals surface area contributed by atoms with Crippen LogP contribution in [0.2, 0.25) is 0 Å². The van der Waals surface area contributed by atoms with Crippen molar-refractivity contribution in [2.45, 2.75) is 24.3 Å². The summed E-state index contributed by atoms with van der Waals surface area (Å²) in [6.07, 6.45) is 1.33. The van der Waals surface area contributed by atoms with Crippen molar-refractivity contribution < 1.29 is 8.78 Å². The van der Waals surface area contributed by atoms with E-state index in [9.17, 15) is 8.78 Å². The van der Waals surface area contributed by atoms with E-state index in [0.717, 1.165) is 0 Å². The van der Waals surface area contributed by atoms with Crippen molar-refractivity contribution >= 4 is 0 Å². The molecule has 2 fully saturated rings. The molecule has 1 aliphatic carbocycles. The number of hydrogen-bond acceptors (Lipinski definition) is 1. The SMILES string of the molecule is FC1(F)CNC12CC2. The minimum absolute atomic E-state index is 0.104. The highest BCUT2D eigenvalue weighted by atomic mass is 19.3. The Hall–Kier alpha value is -0.180. The molecule has 0 atom stereocenters. The molecule has 0 unspecified atom stereocenters. The first-order valence-electron chi connectivity index (χ1n) is 2.79. The number of nitrogens with one attached hydrogen (secondary N) is 1. The van der Waals surface area contributed by atoms with Gasteiger partial charge in [0.25, 0.3) is 5.92 Å². The van der Waals surface area contributed by atoms with Crippen LogP contribution in [-0.2, 0) is 0 Å². The Morgan fingerprint density at radius 1 is 1.25 bits per heavy atom. The Kier molecular flexibility index (Phi) is 0.539. The van der Waals surface area contributed by atoms with Gasteiger partial charge in [-0.15, -0.1) is 0 Å². The van der Waals surface area contributed by atoms with E-state index >= 15 is 0 Å². The third kappa shape index (κ3) is 0.312. The van der Waals surface area contributed by atoms with Gasteiger partial charge in [-0.2, -0.15) is 0 Å². The maximum Gasteiger partial charge on any atom is 0.278 e. The van der Waals surface area contributed by atoms with Crippen LogP contribution in [0.5, 0.6) is 0 Å². The molecule has 1 spiro atoms. The number of alkyl halides is 2. The third-order valence-electron chi connectivity index (χ3n) is 2.10. The van der Waals surface area contributed by atoms with E-state index in [-0.39, 0.29) is 6.54 Å². The van der Waals surface area contributed by atoms with Crippen LogP contribution < -0.4 is 5.32 Å². The van der Waals surface area contributed by atoms with Gasteiger partial charge in [-0.05, 0) is 12.8 Å². The lowest BCUT2D eigenvalue weighted by Gasteiger charge is -2.38. The van der Waals surface area contributed by atoms with Gasteiger partial charge in [0.1, 0.15) is 0 Å². The third-order valence-corrected chi connectivity index (χ3v) is 2.10. The molecule has 1 aliphatic heterocycles. The van der Waals surface area contributed by atoms with E-state index < -0.39 is 11.5 Å². The fourth-order valence-corrected chi connectivity index (χ4v) is 1.14. The maximum atomic E-state index is 12.3. The summed E-state index contributed by atoms with van der Waals surface area (Å²) in [4.78, 5) is 0. The van der Waals surface area contributed by atoms with Crippen LogP contribution in [0.15, 0.2) is 0 Å². The van der Waals surface area contributed by atoms with E-state index in [1.165, 1.54) is 0 Å². The van der Waals surface area contributed by atoms with Gasteiger partial charge < -0.3 is 5.32 Å². The maximum absolute atomic E-state index is 12.3. The molecule has 46 valence electrons. The summed E-state index contributed by atoms with van der Waals surface area (Å²) in [7, 11) is 0. The molecule has 0 bridgehead atoms. The number of halogens is 2. The van der Waals surface area contributed by atoms with Crippen molar-refractivity contribution in [3.8, 4) is 0 Å². The molecule has 0 radical (unpaired) electrons. The molecular weight excluding hydrogens is 112 g/mol. The zero-order valence-corrected chi connectivity index (χ0v) is 4.38. The smallest absolute Gasteiger partial charge is 0.278 e. The Morgan fingerprint density at radius 2 is 1.88 bits per heavy atom. The van der Waals surface area contributed by atoms with Crippen molar-refractivity contribution in [1.29, 1.82) is 0 Å². The Labute approximate surface area is 46.1 Å². The van der Waals surface area contributed by atoms with Crippen LogP contribution in [-0.4, -0.2) is 18.0 Å². The molecule has 3 heteroatoms. The molecule has 0 aromatic rings. The Balaban J connectivity index is 2.19. The first-order chi connectivity index (χ1) is 3.66. The van der Waals surface area contributed by atoms with Crippen molar-refractivity contribution in [1.82, 2.24) is 5.32 Å². The monoisotopic (exact) mass is 119 g/mol. The van der Waals surface area contributed by atoms with Crippen LogP contribution in [0.1, 0.15) is 12.8 Å². The second-order valence-electron chi connectivity index (χ2n) is 2.64. The highest BCUT2D eigenvalue weighted by Crippen LogP contribution is 2.53. The molecular formula is C5H7F2N. The van der Waals surface area contributed by atoms with E-state index in [4.69, 9.17) is 0 Å². The molecule has 1 heterocycles. The van der Waals surface area contributed by atoms with Crippen LogP contribution >= 0.6 is 0 Å². The average molecular weight is 119 g/mol. The molecule has 0 aromatic carbocycles. The lowest BCUT2D eigenvalue weighted by Crippen LogP contribution is -2.65. The highest BCUT2D eigenvalue weighted by Gasteiger charge is 2.68. The van der Waals surface area contributed by atoms with E-state index in [2.05, 4.69) is 5.32 Å². The van der Waals surface area contributed by atoms with Gasteiger partial charge >= 0.3 is 0 Å². The molecule has 1 saturated heterocycles. The summed E-state index contributed by atoms with van der Waals surface area (Å²) >= 11 is 0. The van der Waals surface area contributed by atoms with Crippen LogP contribution in [0.3, 0.4) is 0 Å². The van der Waals surface area contributed by atoms with Crippen molar-refractivity contribution in [2.24, 2.45) is 0 Å². The summed E-state index contributed by atoms with van der Waals surface area (Å²) in [6, 6.07) is 0. The van der Waals surface area contributed by atoms with Gasteiger partial charge in [0.2, 0.25) is 0 Å². The highest BCUT2D eigenvalue weighted by molar-refractivity contribution is 5.20. The summed E-state index contributed by atoms with van der Waals surface area (Å²) in [6.45, 7) is -0.104. The fourth-order valence-electron chi connectivity index (χ4n) is 1.14. The van der Waals surface area contributed by atoms with E-state index in [0.29, 0.717) is 12.8 Å². The topological polar surface area (TPSA) is 12.0 Å². The molecule has 1 saturated carbocycles. The summed E-state index contributed by atoms with van der Waals surface area (Å²) in [5.41, 5.74) is -0.715. The lowest BCUT2D eigenvalue weighted by molar-refractivity contribution is -0.109. The van der Waals surface area contributed by atoms with Crippen LogP contribution in [0, 0.1) is 0 Å². The molecule has 1 N–H and O–H groups in total. The predicted octanol–water partition coefficient (Wildman–Crippen LogP) is 0.757. The van der Waals surface area contributed by atoms with E-state index in [1.807, 2.05) is 0 Å². The first-order valence-corrected chi connectivity index (χ1v) is 2.79. The molecule has 8 heavy (non-hydrogen) atoms. The van der Waals surface area contributed by atoms with E-state index in [1.54, 1.807) is 0 Å². The van der Waals surface area contributed by atoms with Crippen LogP contribution in [0.25, 0.3) is 0 Å². The summed E-state index contributed by atoms with van der Waals surface area (Å²) in [5, 5.41) is 2.74. The van der Waals surface area contributed by atoms with Gasteiger partial charge in [0.15, 0.2) is 0 Å². The normalized spacial score (nSPS) is 36.8. The summed E-state index contributed by atoms with van der Waals surface area (Å²) in [5.74, 6) is -2.38. The lowest BCUT2D eigenvalue weighted by atomic mass is 10.00. The molecule has 0 aromatic heterocycles. The average Bonchev–Trinajstić information content (AvgIpc) is 2.41. The zero-order valence-electron chi connectivity index (χ0n) is 4.38. The molecule has 2 aliphatic rings. The minimum Gasteiger partial charge on any atom is -0.300 e. The van der Waals surface area contributed by atoms with Crippen molar-refractivity contribution in [2.75, 3.05) is 6.54 Å². The first kappa shape index (κ1) is 4.68. The van der Waals surface area contributed by atoms with Gasteiger partial charge in [-0.1, -0.05) is 0 Å². The quantitative estimate of drug-likeness (QED) is 0.496. The number of rotatable bonds is 0. The Morgan fingerprint density at radius 3 is 1.88 bits per heavy atom. The fraction of sp³-hybridized carbons (Fsp3) is 1.00. The second kappa shape index (κ2) is 0.923. The number of hydrogen-bond donors (Lipinski definition) is 1. The van der Waals surface area contributed by atoms with Gasteiger partial charge in [0, 0.05) is 0 Å². The van der Waals surface area contributed by atoms with Crippen molar-refractivity contribution in [3.05, 3.63) is 0 Å². The molecule has 1 nitrogen and oxygen atoms in total. The Bertz CT molecular complexity index is 124. The van der Waals surface area contributed by atoms with Gasteiger partial charge in [-0.25, -0.2) is 8.78 Å².